The fourth-order valence-electron chi connectivity index (χ4n) is 22.8. The van der Waals surface area contributed by atoms with Gasteiger partial charge in [0.2, 0.25) is 0 Å². The summed E-state index contributed by atoms with van der Waals surface area (Å²) in [5, 5.41) is 11.3. The van der Waals surface area contributed by atoms with Crippen molar-refractivity contribution in [3.63, 3.8) is 0 Å². The molecule has 16 aromatic carbocycles. The van der Waals surface area contributed by atoms with E-state index in [1.165, 1.54) is 221 Å². The Morgan fingerprint density at radius 1 is 0.181 bits per heavy atom. The summed E-state index contributed by atoms with van der Waals surface area (Å²) < 4.78 is 0. The second-order valence-electron chi connectivity index (χ2n) is 35.2. The fourth-order valence-corrected chi connectivity index (χ4v) is 22.8. The van der Waals surface area contributed by atoms with Crippen LogP contribution in [0.15, 0.2) is 243 Å². The van der Waals surface area contributed by atoms with Crippen LogP contribution in [-0.4, -0.2) is 0 Å². The monoisotopic (exact) mass is 1500 g/mol. The van der Waals surface area contributed by atoms with Crippen LogP contribution in [0.25, 0.3) is 132 Å². The molecule has 0 bridgehead atoms. The van der Waals surface area contributed by atoms with E-state index in [0.29, 0.717) is 23.7 Å². The van der Waals surface area contributed by atoms with E-state index in [4.69, 9.17) is 0 Å². The van der Waals surface area contributed by atoms with Crippen LogP contribution in [-0.2, 0) is 51.4 Å². The molecule has 0 N–H and O–H groups in total. The van der Waals surface area contributed by atoms with Crippen LogP contribution in [0, 0.1) is 27.7 Å². The summed E-state index contributed by atoms with van der Waals surface area (Å²) in [5.41, 5.74) is 59.0. The number of rotatable bonds is 4. The first-order chi connectivity index (χ1) is 54.5. The molecule has 0 radical (unpaired) electrons. The van der Waals surface area contributed by atoms with Gasteiger partial charge in [-0.3, -0.25) is 0 Å². The molecule has 116 heavy (non-hydrogen) atoms. The highest BCUT2D eigenvalue weighted by Gasteiger charge is 2.34. The Labute approximate surface area is 691 Å². The zero-order valence-electron chi connectivity index (χ0n) is 67.1. The highest BCUT2D eigenvalue weighted by molar-refractivity contribution is 6.11. The summed E-state index contributed by atoms with van der Waals surface area (Å²) in [6.45, 7) is 27.7. The van der Waals surface area contributed by atoms with Gasteiger partial charge in [-0.1, -0.05) is 316 Å². The van der Waals surface area contributed by atoms with Crippen LogP contribution in [0.4, 0.5) is 0 Å². The van der Waals surface area contributed by atoms with Gasteiger partial charge in [-0.2, -0.15) is 0 Å². The molecule has 0 nitrogen and oxygen atoms in total. The Morgan fingerprint density at radius 3 is 0.931 bits per heavy atom. The quantitative estimate of drug-likeness (QED) is 0.165. The zero-order chi connectivity index (χ0) is 76.0. The van der Waals surface area contributed by atoms with Gasteiger partial charge in [0.1, 0.15) is 0 Å². The first kappa shape index (κ1) is 77.2. The fraction of sp³-hybridized carbons (Fsp3) is 0.241. The number of aryl methyl sites for hydroxylation is 4. The van der Waals surface area contributed by atoms with Crippen LogP contribution in [0.1, 0.15) is 242 Å². The van der Waals surface area contributed by atoms with E-state index in [0.717, 1.165) is 51.4 Å². The summed E-state index contributed by atoms with van der Waals surface area (Å²) in [7, 11) is 0. The highest BCUT2D eigenvalue weighted by atomic mass is 14.4. The topological polar surface area (TPSA) is 0 Å². The highest BCUT2D eigenvalue weighted by Crippen LogP contribution is 2.54. The Hall–Kier alpha value is -11.4. The maximum absolute atomic E-state index is 2.49. The molecular weight excluding hydrogens is 1390 g/mol. The lowest BCUT2D eigenvalue weighted by Crippen LogP contribution is -1.98. The van der Waals surface area contributed by atoms with Crippen molar-refractivity contribution in [3.8, 4) is 89.0 Å². The molecule has 0 atom stereocenters. The molecule has 0 aromatic heterocycles. The van der Waals surface area contributed by atoms with E-state index in [9.17, 15) is 0 Å². The third-order valence-electron chi connectivity index (χ3n) is 27.3. The van der Waals surface area contributed by atoms with Gasteiger partial charge in [0.05, 0.1) is 0 Å². The molecule has 24 rings (SSSR count). The van der Waals surface area contributed by atoms with Crippen LogP contribution >= 0.6 is 0 Å². The van der Waals surface area contributed by atoms with Crippen molar-refractivity contribution in [2.45, 2.75) is 188 Å². The van der Waals surface area contributed by atoms with Gasteiger partial charge < -0.3 is 0 Å². The molecule has 0 spiro atoms. The Bertz CT molecular complexity index is 6640. The van der Waals surface area contributed by atoms with Crippen molar-refractivity contribution in [1.29, 1.82) is 0 Å². The van der Waals surface area contributed by atoms with E-state index in [1.54, 1.807) is 44.5 Å². The summed E-state index contributed by atoms with van der Waals surface area (Å²) in [4.78, 5) is 0. The zero-order valence-corrected chi connectivity index (χ0v) is 67.1. The first-order valence-electron chi connectivity index (χ1n) is 41.7. The van der Waals surface area contributed by atoms with Crippen molar-refractivity contribution >= 4 is 43.1 Å². The maximum atomic E-state index is 2.49. The second-order valence-corrected chi connectivity index (χ2v) is 35.2. The number of benzene rings is 16. The molecule has 8 aliphatic carbocycles. The van der Waals surface area contributed by atoms with Crippen LogP contribution in [0.3, 0.4) is 0 Å². The lowest BCUT2D eigenvalue weighted by Gasteiger charge is -2.16. The van der Waals surface area contributed by atoms with E-state index in [1.807, 2.05) is 0 Å². The number of hydrogen-bond acceptors (Lipinski definition) is 0. The van der Waals surface area contributed by atoms with Crippen molar-refractivity contribution < 1.29 is 0 Å². The summed E-state index contributed by atoms with van der Waals surface area (Å²) in [5.74, 6) is 2.25. The number of hydrogen-bond donors (Lipinski definition) is 0. The molecule has 8 aliphatic rings. The first-order valence-corrected chi connectivity index (χ1v) is 41.7. The minimum Gasteiger partial charge on any atom is -0.0776 e. The SMILES string of the molecule is C.C.C.C.Cc1ccc2c(c1C(C)C)Cc1cc3ccc4c(c3cc1-2)Cc1ccccc1-4.Cc1ccc2c(c1C(C)C)Cc1ccc3c4c(ccc3c1-2)-c1ccccc1C4.Cc1ccc2c(c1C(C)C)Cc1ccc3c4c(ccc3c1-2)Cc1ccccc1-4.Cc1ccc2c(c1C(C)C)Cc1ccc3cc4c(cc3c1-2)-c1ccccc1C4. The molecule has 16 aromatic rings. The van der Waals surface area contributed by atoms with Gasteiger partial charge in [-0.15, -0.1) is 0 Å². The third-order valence-corrected chi connectivity index (χ3v) is 27.3. The second kappa shape index (κ2) is 29.4. The van der Waals surface area contributed by atoms with Gasteiger partial charge in [0.15, 0.2) is 0 Å². The molecule has 0 fully saturated rings. The number of fused-ring (bicyclic) bond motifs is 34. The van der Waals surface area contributed by atoms with E-state index < -0.39 is 0 Å². The molecule has 0 unspecified atom stereocenters. The van der Waals surface area contributed by atoms with Gasteiger partial charge >= 0.3 is 0 Å². The van der Waals surface area contributed by atoms with Crippen LogP contribution < -0.4 is 0 Å². The Kier molecular flexibility index (Phi) is 19.5. The van der Waals surface area contributed by atoms with Crippen molar-refractivity contribution in [3.05, 3.63) is 376 Å². The Morgan fingerprint density at radius 2 is 0.448 bits per heavy atom. The summed E-state index contributed by atoms with van der Waals surface area (Å²) >= 11 is 0. The molecule has 576 valence electrons. The Balaban J connectivity index is 0.000000110. The molecule has 0 amide bonds. The smallest absolute Gasteiger partial charge is 0.000728 e. The average Bonchev–Trinajstić information content (AvgIpc) is 1.58. The summed E-state index contributed by atoms with van der Waals surface area (Å²) in [6.07, 6.45) is 8.53. The van der Waals surface area contributed by atoms with Crippen molar-refractivity contribution in [2.75, 3.05) is 0 Å². The summed E-state index contributed by atoms with van der Waals surface area (Å²) in [6, 6.07) is 92.5. The molecule has 0 heteroatoms. The third kappa shape index (κ3) is 11.9. The minimum absolute atomic E-state index is 0. The largest absolute Gasteiger partial charge is 0.0776 e. The van der Waals surface area contributed by atoms with Gasteiger partial charge in [0.25, 0.3) is 0 Å². The van der Waals surface area contributed by atoms with Crippen molar-refractivity contribution in [1.82, 2.24) is 0 Å². The van der Waals surface area contributed by atoms with Crippen LogP contribution in [0.5, 0.6) is 0 Å². The molecule has 0 saturated heterocycles. The lowest BCUT2D eigenvalue weighted by atomic mass is 9.88. The average molecular weight is 1510 g/mol. The molecule has 0 aliphatic heterocycles. The van der Waals surface area contributed by atoms with Crippen molar-refractivity contribution in [2.24, 2.45) is 0 Å². The predicted octanol–water partition coefficient (Wildman–Crippen LogP) is 32.2. The minimum atomic E-state index is 0. The van der Waals surface area contributed by atoms with Gasteiger partial charge in [-0.25, -0.2) is 0 Å². The standard InChI is InChI=1S/4C28H24.4CH4/c1-16(2)26-17(3)8-11-24-25(26)15-20-10-13-22-23(28(20)24)12-9-19-14-18-6-4-5-7-21(18)27(19)22;1-16(2)27-17(3)8-11-23-26(27)14-20-10-9-19-13-21-12-18-6-4-5-7-22(18)24(21)15-25(19)28(20)23;1-16(2)28-17(3)8-10-23-25-15-24-19(12-20(25)14-27(23)28)9-11-22-21-7-5-4-6-18(21)13-26(22)24;1-16(2)27-17(3)8-10-24-26(27)15-19-9-11-22-23(28(19)24)13-12-21-20-7-5-4-6-18(20)14-25(21)22;;;;/h4-13,16H,14-15H2,1-3H3;4-11,13,15-16H,12,14H2,1-3H3;4-12,15-16H,13-14H2,1-3H3;4-13,16H,14-15H2,1-3H3;4*1H4. The van der Waals surface area contributed by atoms with Gasteiger partial charge in [0, 0.05) is 0 Å². The van der Waals surface area contributed by atoms with E-state index in [-0.39, 0.29) is 29.7 Å². The van der Waals surface area contributed by atoms with E-state index >= 15 is 0 Å². The van der Waals surface area contributed by atoms with Gasteiger partial charge in [-0.05, 0) is 380 Å². The van der Waals surface area contributed by atoms with Crippen LogP contribution in [0.2, 0.25) is 0 Å². The van der Waals surface area contributed by atoms with E-state index in [2.05, 4.69) is 326 Å². The molecule has 0 saturated carbocycles. The maximum Gasteiger partial charge on any atom is -0.000728 e. The normalized spacial score (nSPS) is 13.1. The molecule has 0 heterocycles. The molecular formula is C116H112. The lowest BCUT2D eigenvalue weighted by molar-refractivity contribution is 0.842. The predicted molar refractivity (Wildman–Crippen MR) is 504 cm³/mol.